The molecule has 2 heterocycles. The van der Waals surface area contributed by atoms with Crippen molar-refractivity contribution in [3.05, 3.63) is 66.5 Å². The summed E-state index contributed by atoms with van der Waals surface area (Å²) in [5.41, 5.74) is 2.14. The number of benzene rings is 2. The SMILES string of the molecule is CNc1nc(-c2cccnc2)nc2c(OC)cc(-c3ccc(F)cc3F)cc12.OCF. The lowest BCUT2D eigenvalue weighted by molar-refractivity contribution is 0.168. The third-order valence-electron chi connectivity index (χ3n) is 4.38. The molecule has 0 fully saturated rings. The number of aliphatic hydroxyl groups is 1. The molecule has 0 unspecified atom stereocenters. The van der Waals surface area contributed by atoms with Gasteiger partial charge in [0.15, 0.2) is 12.7 Å². The quantitative estimate of drug-likeness (QED) is 0.495. The summed E-state index contributed by atoms with van der Waals surface area (Å²) < 4.78 is 43.0. The van der Waals surface area contributed by atoms with E-state index in [-0.39, 0.29) is 5.56 Å². The Balaban J connectivity index is 0.000000858. The number of anilines is 1. The number of aromatic nitrogens is 3. The number of fused-ring (bicyclic) bond motifs is 1. The topological polar surface area (TPSA) is 80.2 Å². The number of pyridine rings is 1. The van der Waals surface area contributed by atoms with Gasteiger partial charge in [0.25, 0.3) is 0 Å². The molecule has 2 N–H and O–H groups in total. The summed E-state index contributed by atoms with van der Waals surface area (Å²) in [5, 5.41) is 10.6. The Labute approximate surface area is 176 Å². The van der Waals surface area contributed by atoms with Gasteiger partial charge in [-0.15, -0.1) is 0 Å². The number of aliphatic hydroxyl groups excluding tert-OH is 1. The highest BCUT2D eigenvalue weighted by molar-refractivity contribution is 5.97. The van der Waals surface area contributed by atoms with Gasteiger partial charge in [0.1, 0.15) is 28.7 Å². The van der Waals surface area contributed by atoms with Crippen molar-refractivity contribution in [1.29, 1.82) is 0 Å². The van der Waals surface area contributed by atoms with E-state index in [1.807, 2.05) is 6.07 Å². The van der Waals surface area contributed by atoms with Crippen molar-refractivity contribution in [2.75, 3.05) is 26.3 Å². The van der Waals surface area contributed by atoms with E-state index in [1.165, 1.54) is 19.2 Å². The molecule has 160 valence electrons. The molecule has 0 saturated carbocycles. The second-order valence-electron chi connectivity index (χ2n) is 6.21. The summed E-state index contributed by atoms with van der Waals surface area (Å²) in [6, 6.07) is 10.6. The predicted molar refractivity (Wildman–Crippen MR) is 112 cm³/mol. The maximum Gasteiger partial charge on any atom is 0.185 e. The number of hydrogen-bond donors (Lipinski definition) is 2. The number of nitrogens with zero attached hydrogens (tertiary/aromatic N) is 3. The molecule has 0 saturated heterocycles. The fraction of sp³-hybridized carbons (Fsp3) is 0.136. The average molecular weight is 428 g/mol. The highest BCUT2D eigenvalue weighted by atomic mass is 19.1. The lowest BCUT2D eigenvalue weighted by Crippen LogP contribution is -2.01. The van der Waals surface area contributed by atoms with E-state index in [0.717, 1.165) is 11.6 Å². The van der Waals surface area contributed by atoms with Crippen LogP contribution in [-0.4, -0.2) is 41.1 Å². The van der Waals surface area contributed by atoms with Crippen molar-refractivity contribution in [2.24, 2.45) is 0 Å². The Morgan fingerprint density at radius 2 is 1.84 bits per heavy atom. The lowest BCUT2D eigenvalue weighted by Gasteiger charge is -2.13. The molecule has 0 aliphatic carbocycles. The number of hydrogen-bond acceptors (Lipinski definition) is 6. The normalized spacial score (nSPS) is 10.4. The van der Waals surface area contributed by atoms with Gasteiger partial charge in [-0.1, -0.05) is 0 Å². The molecule has 0 atom stereocenters. The highest BCUT2D eigenvalue weighted by Crippen LogP contribution is 2.36. The van der Waals surface area contributed by atoms with Gasteiger partial charge in [0.2, 0.25) is 0 Å². The van der Waals surface area contributed by atoms with E-state index in [4.69, 9.17) is 9.84 Å². The van der Waals surface area contributed by atoms with Gasteiger partial charge in [0.05, 0.1) is 7.11 Å². The highest BCUT2D eigenvalue weighted by Gasteiger charge is 2.16. The first-order valence-corrected chi connectivity index (χ1v) is 9.12. The van der Waals surface area contributed by atoms with Crippen LogP contribution in [0.15, 0.2) is 54.9 Å². The fourth-order valence-electron chi connectivity index (χ4n) is 3.05. The van der Waals surface area contributed by atoms with Gasteiger partial charge in [-0.25, -0.2) is 23.1 Å². The first kappa shape index (κ1) is 22.0. The van der Waals surface area contributed by atoms with Crippen LogP contribution in [0.4, 0.5) is 19.0 Å². The molecule has 2 aromatic heterocycles. The van der Waals surface area contributed by atoms with Crippen molar-refractivity contribution in [2.45, 2.75) is 0 Å². The number of nitrogens with one attached hydrogen (secondary N) is 1. The number of methoxy groups -OCH3 is 1. The second-order valence-corrected chi connectivity index (χ2v) is 6.21. The third kappa shape index (κ3) is 4.72. The minimum Gasteiger partial charge on any atom is -0.494 e. The van der Waals surface area contributed by atoms with Gasteiger partial charge in [-0.2, -0.15) is 0 Å². The zero-order chi connectivity index (χ0) is 22.4. The molecule has 0 aliphatic heterocycles. The molecular weight excluding hydrogens is 409 g/mol. The first-order valence-electron chi connectivity index (χ1n) is 9.12. The summed E-state index contributed by atoms with van der Waals surface area (Å²) >= 11 is 0. The van der Waals surface area contributed by atoms with E-state index < -0.39 is 18.5 Å². The largest absolute Gasteiger partial charge is 0.494 e. The average Bonchev–Trinajstić information content (AvgIpc) is 2.78. The maximum absolute atomic E-state index is 14.3. The Hall–Kier alpha value is -3.72. The zero-order valence-electron chi connectivity index (χ0n) is 16.7. The Morgan fingerprint density at radius 1 is 1.06 bits per heavy atom. The molecule has 6 nitrogen and oxygen atoms in total. The molecule has 2 aromatic carbocycles. The number of halogens is 3. The van der Waals surface area contributed by atoms with Gasteiger partial charge in [-0.3, -0.25) is 4.98 Å². The summed E-state index contributed by atoms with van der Waals surface area (Å²) in [7, 11) is 3.26. The van der Waals surface area contributed by atoms with Crippen LogP contribution >= 0.6 is 0 Å². The smallest absolute Gasteiger partial charge is 0.185 e. The standard InChI is InChI=1S/C21H16F2N4O.CH3FO/c1-24-21-16-8-13(15-6-5-14(22)10-17(15)23)9-18(28-2)19(16)26-20(27-21)12-4-3-7-25-11-12;2-1-3/h3-11H,1-2H3,(H,24,26,27);3H,1H2. The molecule has 0 aliphatic rings. The number of ether oxygens (including phenoxy) is 1. The molecule has 0 bridgehead atoms. The molecule has 0 amide bonds. The van der Waals surface area contributed by atoms with Gasteiger partial charge in [0, 0.05) is 42.0 Å². The summed E-state index contributed by atoms with van der Waals surface area (Å²) in [4.78, 5) is 13.3. The minimum absolute atomic E-state index is 0.264. The van der Waals surface area contributed by atoms with Crippen molar-refractivity contribution in [3.63, 3.8) is 0 Å². The van der Waals surface area contributed by atoms with Crippen molar-refractivity contribution >= 4 is 16.7 Å². The number of alkyl halides is 1. The lowest BCUT2D eigenvalue weighted by atomic mass is 10.0. The second kappa shape index (κ2) is 9.86. The van der Waals surface area contributed by atoms with Crippen LogP contribution < -0.4 is 10.1 Å². The third-order valence-corrected chi connectivity index (χ3v) is 4.38. The number of rotatable bonds is 4. The van der Waals surface area contributed by atoms with Crippen LogP contribution in [0.3, 0.4) is 0 Å². The van der Waals surface area contributed by atoms with Gasteiger partial charge >= 0.3 is 0 Å². The van der Waals surface area contributed by atoms with E-state index in [0.29, 0.717) is 33.9 Å². The molecule has 9 heteroatoms. The fourth-order valence-corrected chi connectivity index (χ4v) is 3.05. The van der Waals surface area contributed by atoms with Crippen LogP contribution in [0.1, 0.15) is 0 Å². The van der Waals surface area contributed by atoms with E-state index in [1.54, 1.807) is 37.6 Å². The van der Waals surface area contributed by atoms with Gasteiger partial charge < -0.3 is 15.2 Å². The van der Waals surface area contributed by atoms with Crippen molar-refractivity contribution in [3.8, 4) is 28.3 Å². The summed E-state index contributed by atoms with van der Waals surface area (Å²) in [6.07, 6.45) is 3.35. The minimum atomic E-state index is -1.25. The van der Waals surface area contributed by atoms with Crippen LogP contribution in [0.2, 0.25) is 0 Å². The monoisotopic (exact) mass is 428 g/mol. The van der Waals surface area contributed by atoms with Crippen molar-refractivity contribution in [1.82, 2.24) is 15.0 Å². The van der Waals surface area contributed by atoms with E-state index >= 15 is 0 Å². The van der Waals surface area contributed by atoms with Gasteiger partial charge in [-0.05, 0) is 42.0 Å². The van der Waals surface area contributed by atoms with Crippen LogP contribution in [0, 0.1) is 11.6 Å². The predicted octanol–water partition coefficient (Wildman–Crippen LogP) is 4.59. The van der Waals surface area contributed by atoms with Crippen LogP contribution in [0.25, 0.3) is 33.4 Å². The Bertz CT molecular complexity index is 1190. The maximum atomic E-state index is 14.3. The molecular formula is C22H19F3N4O2. The molecule has 31 heavy (non-hydrogen) atoms. The van der Waals surface area contributed by atoms with E-state index in [2.05, 4.69) is 20.3 Å². The Kier molecular flexibility index (Phi) is 6.99. The molecule has 0 spiro atoms. The summed E-state index contributed by atoms with van der Waals surface area (Å²) in [5.74, 6) is 0.227. The Morgan fingerprint density at radius 3 is 2.45 bits per heavy atom. The zero-order valence-corrected chi connectivity index (χ0v) is 16.7. The first-order chi connectivity index (χ1) is 15.0. The summed E-state index contributed by atoms with van der Waals surface area (Å²) in [6.45, 7) is -1.25. The van der Waals surface area contributed by atoms with E-state index in [9.17, 15) is 13.2 Å². The molecule has 4 rings (SSSR count). The van der Waals surface area contributed by atoms with Crippen LogP contribution in [-0.2, 0) is 0 Å². The molecule has 0 radical (unpaired) electrons. The molecule has 4 aromatic rings. The van der Waals surface area contributed by atoms with Crippen molar-refractivity contribution < 1.29 is 23.0 Å². The van der Waals surface area contributed by atoms with Crippen LogP contribution in [0.5, 0.6) is 5.75 Å².